The van der Waals surface area contributed by atoms with E-state index in [1.165, 1.54) is 21.3 Å². The van der Waals surface area contributed by atoms with Gasteiger partial charge in [0, 0.05) is 29.8 Å². The first kappa shape index (κ1) is 19.6. The number of amides is 1. The van der Waals surface area contributed by atoms with Crippen molar-refractivity contribution in [2.45, 2.75) is 17.2 Å². The van der Waals surface area contributed by atoms with Gasteiger partial charge in [-0.05, 0) is 53.4 Å². The molecule has 138 valence electrons. The zero-order valence-electron chi connectivity index (χ0n) is 15.3. The summed E-state index contributed by atoms with van der Waals surface area (Å²) in [5.74, 6) is 0.153. The molecule has 2 atom stereocenters. The topological polar surface area (TPSA) is 42.0 Å². The molecule has 0 fully saturated rings. The second kappa shape index (κ2) is 9.68. The maximum Gasteiger partial charge on any atom is 0.252 e. The number of nitrogens with one attached hydrogen (secondary N) is 1. The van der Waals surface area contributed by atoms with E-state index in [0.29, 0.717) is 12.1 Å². The highest BCUT2D eigenvalue weighted by molar-refractivity contribution is 7.98. The Labute approximate surface area is 167 Å². The van der Waals surface area contributed by atoms with Crippen LogP contribution in [0.4, 0.5) is 0 Å². The van der Waals surface area contributed by atoms with E-state index in [1.807, 2.05) is 0 Å². The molecule has 5 heteroatoms. The average molecular weight is 394 g/mol. The number of thioether (sulfide) groups is 1. The number of rotatable bonds is 7. The lowest BCUT2D eigenvalue weighted by molar-refractivity contribution is 0.0952. The van der Waals surface area contributed by atoms with E-state index in [9.17, 15) is 4.79 Å². The highest BCUT2D eigenvalue weighted by Gasteiger charge is 2.15. The van der Waals surface area contributed by atoms with Crippen molar-refractivity contribution in [2.24, 2.45) is 0 Å². The van der Waals surface area contributed by atoms with Crippen LogP contribution in [0.25, 0.3) is 0 Å². The number of hydrogen-bond donors (Lipinski definition) is 1. The molecule has 3 aromatic rings. The third kappa shape index (κ3) is 5.41. The third-order valence-corrected chi connectivity index (χ3v) is 5.63. The SMILES string of the molecule is CSc1ccc(C(CCNC(=O)c2cccnc2)c2ccc(P)cc2)cc1. The molecule has 0 aliphatic rings. The van der Waals surface area contributed by atoms with Crippen LogP contribution >= 0.6 is 21.0 Å². The molecule has 0 saturated carbocycles. The number of pyridine rings is 1. The van der Waals surface area contributed by atoms with Crippen LogP contribution in [0.1, 0.15) is 33.8 Å². The monoisotopic (exact) mass is 394 g/mol. The first-order valence-corrected chi connectivity index (χ1v) is 10.6. The maximum absolute atomic E-state index is 12.3. The fourth-order valence-electron chi connectivity index (χ4n) is 3.02. The minimum Gasteiger partial charge on any atom is -0.352 e. The number of carbonyl (C=O) groups excluding carboxylic acids is 1. The molecule has 2 unspecified atom stereocenters. The lowest BCUT2D eigenvalue weighted by Crippen LogP contribution is -2.26. The van der Waals surface area contributed by atoms with Crippen LogP contribution in [0.5, 0.6) is 0 Å². The molecule has 0 saturated heterocycles. The van der Waals surface area contributed by atoms with Crippen molar-refractivity contribution in [3.8, 4) is 0 Å². The molecule has 1 N–H and O–H groups in total. The minimum atomic E-state index is -0.0834. The van der Waals surface area contributed by atoms with Gasteiger partial charge in [0.2, 0.25) is 0 Å². The molecule has 27 heavy (non-hydrogen) atoms. The van der Waals surface area contributed by atoms with Crippen LogP contribution in [-0.2, 0) is 0 Å². The van der Waals surface area contributed by atoms with Crippen molar-refractivity contribution < 1.29 is 4.79 Å². The van der Waals surface area contributed by atoms with Gasteiger partial charge in [0.15, 0.2) is 0 Å². The summed E-state index contributed by atoms with van der Waals surface area (Å²) in [5.41, 5.74) is 3.11. The van der Waals surface area contributed by atoms with E-state index in [2.05, 4.69) is 74.3 Å². The lowest BCUT2D eigenvalue weighted by Gasteiger charge is -2.19. The van der Waals surface area contributed by atoms with Gasteiger partial charge >= 0.3 is 0 Å². The Kier molecular flexibility index (Phi) is 7.03. The zero-order chi connectivity index (χ0) is 19.1. The first-order chi connectivity index (χ1) is 13.2. The average Bonchev–Trinajstić information content (AvgIpc) is 2.73. The molecule has 3 rings (SSSR count). The minimum absolute atomic E-state index is 0.0834. The first-order valence-electron chi connectivity index (χ1n) is 8.85. The van der Waals surface area contributed by atoms with Crippen molar-refractivity contribution in [2.75, 3.05) is 12.8 Å². The van der Waals surface area contributed by atoms with Crippen molar-refractivity contribution in [1.82, 2.24) is 10.3 Å². The van der Waals surface area contributed by atoms with Gasteiger partial charge in [0.05, 0.1) is 5.56 Å². The van der Waals surface area contributed by atoms with Crippen molar-refractivity contribution >= 4 is 32.2 Å². The van der Waals surface area contributed by atoms with Crippen LogP contribution in [0.2, 0.25) is 0 Å². The second-order valence-corrected chi connectivity index (χ2v) is 7.83. The van der Waals surface area contributed by atoms with Gasteiger partial charge in [0.25, 0.3) is 5.91 Å². The molecule has 0 spiro atoms. The number of hydrogen-bond acceptors (Lipinski definition) is 3. The van der Waals surface area contributed by atoms with Gasteiger partial charge in [-0.1, -0.05) is 36.4 Å². The standard InChI is InChI=1S/C22H23N2OPS/c1-27-20-10-6-17(7-11-20)21(16-4-8-19(26)9-5-16)12-14-24-22(25)18-3-2-13-23-15-18/h2-11,13,15,21H,12,14,26H2,1H3,(H,24,25). The number of carbonyl (C=O) groups is 1. The Balaban J connectivity index is 1.73. The van der Waals surface area contributed by atoms with Gasteiger partial charge in [-0.15, -0.1) is 21.0 Å². The highest BCUT2D eigenvalue weighted by Crippen LogP contribution is 2.29. The van der Waals surface area contributed by atoms with Crippen molar-refractivity contribution in [3.05, 3.63) is 89.7 Å². The van der Waals surface area contributed by atoms with Crippen molar-refractivity contribution in [1.29, 1.82) is 0 Å². The van der Waals surface area contributed by atoms with Gasteiger partial charge in [-0.3, -0.25) is 9.78 Å². The van der Waals surface area contributed by atoms with Crippen LogP contribution in [0.3, 0.4) is 0 Å². The molecule has 0 bridgehead atoms. The Hall–Kier alpha value is -2.16. The number of aromatic nitrogens is 1. The van der Waals surface area contributed by atoms with Gasteiger partial charge in [0.1, 0.15) is 0 Å². The van der Waals surface area contributed by atoms with Crippen molar-refractivity contribution in [3.63, 3.8) is 0 Å². The lowest BCUT2D eigenvalue weighted by atomic mass is 9.88. The predicted octanol–water partition coefficient (Wildman–Crippen LogP) is 4.26. The Morgan fingerprint density at radius 1 is 1.07 bits per heavy atom. The normalized spacial score (nSPS) is 11.8. The molecule has 0 radical (unpaired) electrons. The summed E-state index contributed by atoms with van der Waals surface area (Å²) < 4.78 is 0. The van der Waals surface area contributed by atoms with E-state index in [0.717, 1.165) is 6.42 Å². The Bertz CT molecular complexity index is 867. The summed E-state index contributed by atoms with van der Waals surface area (Å²) in [6.45, 7) is 0.602. The molecule has 1 aromatic heterocycles. The summed E-state index contributed by atoms with van der Waals surface area (Å²) in [4.78, 5) is 17.5. The van der Waals surface area contributed by atoms with Gasteiger partial charge in [-0.2, -0.15) is 0 Å². The zero-order valence-corrected chi connectivity index (χ0v) is 17.2. The fourth-order valence-corrected chi connectivity index (χ4v) is 3.62. The summed E-state index contributed by atoms with van der Waals surface area (Å²) >= 11 is 1.74. The van der Waals surface area contributed by atoms with E-state index in [-0.39, 0.29) is 11.8 Å². The quantitative estimate of drug-likeness (QED) is 0.481. The van der Waals surface area contributed by atoms with Gasteiger partial charge < -0.3 is 5.32 Å². The number of benzene rings is 2. The second-order valence-electron chi connectivity index (χ2n) is 6.28. The van der Waals surface area contributed by atoms with E-state index in [1.54, 1.807) is 36.3 Å². The molecular weight excluding hydrogens is 371 g/mol. The molecule has 3 nitrogen and oxygen atoms in total. The molecular formula is C22H23N2OPS. The van der Waals surface area contributed by atoms with Gasteiger partial charge in [-0.25, -0.2) is 0 Å². The Morgan fingerprint density at radius 2 is 1.74 bits per heavy atom. The number of nitrogens with zero attached hydrogens (tertiary/aromatic N) is 1. The predicted molar refractivity (Wildman–Crippen MR) is 117 cm³/mol. The Morgan fingerprint density at radius 3 is 2.33 bits per heavy atom. The molecule has 1 amide bonds. The molecule has 0 aliphatic carbocycles. The summed E-state index contributed by atoms with van der Waals surface area (Å²) in [6, 6.07) is 20.8. The third-order valence-electron chi connectivity index (χ3n) is 4.50. The van der Waals surface area contributed by atoms with Crippen LogP contribution in [0, 0.1) is 0 Å². The fraction of sp³-hybridized carbons (Fsp3) is 0.182. The molecule has 1 heterocycles. The van der Waals surface area contributed by atoms with E-state index in [4.69, 9.17) is 0 Å². The summed E-state index contributed by atoms with van der Waals surface area (Å²) in [5, 5.41) is 4.18. The van der Waals surface area contributed by atoms with Crippen LogP contribution in [-0.4, -0.2) is 23.7 Å². The van der Waals surface area contributed by atoms with E-state index < -0.39 is 0 Å². The summed E-state index contributed by atoms with van der Waals surface area (Å²) in [7, 11) is 2.72. The maximum atomic E-state index is 12.3. The summed E-state index contributed by atoms with van der Waals surface area (Å²) in [6.07, 6.45) is 6.17. The van der Waals surface area contributed by atoms with E-state index >= 15 is 0 Å². The van der Waals surface area contributed by atoms with Crippen LogP contribution < -0.4 is 10.6 Å². The molecule has 2 aromatic carbocycles. The largest absolute Gasteiger partial charge is 0.352 e. The van der Waals surface area contributed by atoms with Crippen LogP contribution in [0.15, 0.2) is 78.0 Å². The highest BCUT2D eigenvalue weighted by atomic mass is 32.2. The molecule has 0 aliphatic heterocycles. The smallest absolute Gasteiger partial charge is 0.252 e.